The highest BCUT2D eigenvalue weighted by Crippen LogP contribution is 2.46. The van der Waals surface area contributed by atoms with Crippen molar-refractivity contribution in [1.82, 2.24) is 14.9 Å². The summed E-state index contributed by atoms with van der Waals surface area (Å²) in [6.07, 6.45) is 8.85. The quantitative estimate of drug-likeness (QED) is 0.471. The van der Waals surface area contributed by atoms with Gasteiger partial charge in [-0.05, 0) is 62.1 Å². The van der Waals surface area contributed by atoms with Crippen LogP contribution in [-0.2, 0) is 22.1 Å². The van der Waals surface area contributed by atoms with Crippen LogP contribution in [0.3, 0.4) is 0 Å². The molecule has 7 heteroatoms. The van der Waals surface area contributed by atoms with Crippen LogP contribution in [0.4, 0.5) is 5.69 Å². The third kappa shape index (κ3) is 4.41. The molecule has 0 radical (unpaired) electrons. The second-order valence-corrected chi connectivity index (χ2v) is 10.7. The highest BCUT2D eigenvalue weighted by atomic mass is 16.5. The molecule has 2 N–H and O–H groups in total. The van der Waals surface area contributed by atoms with Gasteiger partial charge in [-0.3, -0.25) is 9.59 Å². The standard InChI is InChI=1S/C29H34N4O3/c1-33-26-22(28(35)32-29(13-14-29)20-10-3-2-4-11-20)17-21(30-25(34)16-19-8-5-6-9-19)18-23(26)31-27(33)24-12-7-15-36-24/h2-4,10-11,17-19,24H,5-9,12-16H2,1H3,(H,30,34)(H,32,35)/t24-/m1/s1. The summed E-state index contributed by atoms with van der Waals surface area (Å²) in [4.78, 5) is 31.5. The number of nitrogens with zero attached hydrogens (tertiary/aromatic N) is 2. The average molecular weight is 487 g/mol. The number of ether oxygens (including phenoxy) is 1. The van der Waals surface area contributed by atoms with E-state index in [2.05, 4.69) is 22.8 Å². The zero-order valence-corrected chi connectivity index (χ0v) is 20.9. The van der Waals surface area contributed by atoms with Gasteiger partial charge in [0, 0.05) is 25.8 Å². The summed E-state index contributed by atoms with van der Waals surface area (Å²) in [6.45, 7) is 0.725. The molecule has 7 nitrogen and oxygen atoms in total. The van der Waals surface area contributed by atoms with Gasteiger partial charge in [-0.2, -0.15) is 0 Å². The number of nitrogens with one attached hydrogen (secondary N) is 2. The molecule has 36 heavy (non-hydrogen) atoms. The molecular weight excluding hydrogens is 452 g/mol. The van der Waals surface area contributed by atoms with Crippen LogP contribution in [0.15, 0.2) is 42.5 Å². The third-order valence-electron chi connectivity index (χ3n) is 8.13. The fraction of sp³-hybridized carbons (Fsp3) is 0.483. The van der Waals surface area contributed by atoms with E-state index >= 15 is 0 Å². The molecule has 2 saturated carbocycles. The normalized spacial score (nSPS) is 21.1. The van der Waals surface area contributed by atoms with Crippen molar-refractivity contribution in [3.63, 3.8) is 0 Å². The Bertz CT molecular complexity index is 1280. The van der Waals surface area contributed by atoms with Gasteiger partial charge in [0.2, 0.25) is 5.91 Å². The van der Waals surface area contributed by atoms with E-state index in [9.17, 15) is 9.59 Å². The van der Waals surface area contributed by atoms with Gasteiger partial charge in [0.1, 0.15) is 11.9 Å². The van der Waals surface area contributed by atoms with Crippen molar-refractivity contribution in [1.29, 1.82) is 0 Å². The Kier molecular flexibility index (Phi) is 6.04. The van der Waals surface area contributed by atoms with Crippen LogP contribution >= 0.6 is 0 Å². The van der Waals surface area contributed by atoms with Gasteiger partial charge in [-0.15, -0.1) is 0 Å². The van der Waals surface area contributed by atoms with E-state index in [0.29, 0.717) is 29.1 Å². The maximum atomic E-state index is 13.8. The highest BCUT2D eigenvalue weighted by Gasteiger charge is 2.46. The van der Waals surface area contributed by atoms with E-state index in [4.69, 9.17) is 9.72 Å². The predicted octanol–water partition coefficient (Wildman–Crippen LogP) is 5.36. The van der Waals surface area contributed by atoms with Gasteiger partial charge >= 0.3 is 0 Å². The molecular formula is C29H34N4O3. The number of carbonyl (C=O) groups is 2. The number of benzene rings is 2. The number of hydrogen-bond donors (Lipinski definition) is 2. The van der Waals surface area contributed by atoms with E-state index in [0.717, 1.165) is 62.0 Å². The molecule has 3 aliphatic rings. The molecule has 0 spiro atoms. The molecule has 2 aromatic carbocycles. The molecule has 1 aliphatic heterocycles. The van der Waals surface area contributed by atoms with Crippen molar-refractivity contribution < 1.29 is 14.3 Å². The molecule has 3 aromatic rings. The topological polar surface area (TPSA) is 85.2 Å². The molecule has 6 rings (SSSR count). The van der Waals surface area contributed by atoms with Gasteiger partial charge in [0.15, 0.2) is 0 Å². The SMILES string of the molecule is Cn1c([C@H]2CCCO2)nc2cc(NC(=O)CC3CCCC3)cc(C(=O)NC3(c4ccccc4)CC3)c21. The fourth-order valence-corrected chi connectivity index (χ4v) is 6.03. The molecule has 2 amide bonds. The Balaban J connectivity index is 1.34. The fourth-order valence-electron chi connectivity index (χ4n) is 6.03. The van der Waals surface area contributed by atoms with Crippen molar-refractivity contribution in [2.75, 3.05) is 11.9 Å². The lowest BCUT2D eigenvalue weighted by Gasteiger charge is -2.19. The predicted molar refractivity (Wildman–Crippen MR) is 139 cm³/mol. The van der Waals surface area contributed by atoms with Crippen LogP contribution in [0.5, 0.6) is 0 Å². The van der Waals surface area contributed by atoms with Gasteiger partial charge in [-0.1, -0.05) is 43.2 Å². The van der Waals surface area contributed by atoms with Crippen LogP contribution < -0.4 is 10.6 Å². The third-order valence-corrected chi connectivity index (χ3v) is 8.13. The molecule has 188 valence electrons. The van der Waals surface area contributed by atoms with Crippen molar-refractivity contribution in [2.24, 2.45) is 13.0 Å². The van der Waals surface area contributed by atoms with E-state index in [1.54, 1.807) is 0 Å². The van der Waals surface area contributed by atoms with E-state index in [1.807, 2.05) is 41.9 Å². The first-order valence-electron chi connectivity index (χ1n) is 13.3. The Morgan fingerprint density at radius 1 is 1.08 bits per heavy atom. The summed E-state index contributed by atoms with van der Waals surface area (Å²) in [5.74, 6) is 1.15. The van der Waals surface area contributed by atoms with Crippen LogP contribution in [-0.4, -0.2) is 28.0 Å². The van der Waals surface area contributed by atoms with Gasteiger partial charge in [0.25, 0.3) is 5.91 Å². The maximum absolute atomic E-state index is 13.8. The number of amides is 2. The zero-order chi connectivity index (χ0) is 24.7. The molecule has 2 aliphatic carbocycles. The van der Waals surface area contributed by atoms with Crippen molar-refractivity contribution >= 4 is 28.5 Å². The van der Waals surface area contributed by atoms with Crippen molar-refractivity contribution in [3.05, 3.63) is 59.4 Å². The van der Waals surface area contributed by atoms with E-state index < -0.39 is 0 Å². The van der Waals surface area contributed by atoms with Gasteiger partial charge in [-0.25, -0.2) is 4.98 Å². The summed E-state index contributed by atoms with van der Waals surface area (Å²) >= 11 is 0. The molecule has 0 bridgehead atoms. The molecule has 1 aromatic heterocycles. The van der Waals surface area contributed by atoms with Crippen molar-refractivity contribution in [3.8, 4) is 0 Å². The average Bonchev–Trinajstić information content (AvgIpc) is 3.25. The summed E-state index contributed by atoms with van der Waals surface area (Å²) in [7, 11) is 1.95. The van der Waals surface area contributed by atoms with Gasteiger partial charge in [0.05, 0.1) is 22.1 Å². The monoisotopic (exact) mass is 486 g/mol. The lowest BCUT2D eigenvalue weighted by Crippen LogP contribution is -2.35. The Labute approximate surface area is 211 Å². The summed E-state index contributed by atoms with van der Waals surface area (Å²) < 4.78 is 7.91. The van der Waals surface area contributed by atoms with Crippen molar-refractivity contribution in [2.45, 2.75) is 69.4 Å². The van der Waals surface area contributed by atoms with Crippen LogP contribution in [0.1, 0.15) is 85.6 Å². The first kappa shape index (κ1) is 23.2. The minimum atomic E-state index is -0.331. The summed E-state index contributed by atoms with van der Waals surface area (Å²) in [6, 6.07) is 13.9. The number of aromatic nitrogens is 2. The number of imidazole rings is 1. The Hall–Kier alpha value is -3.19. The lowest BCUT2D eigenvalue weighted by atomic mass is 10.0. The first-order chi connectivity index (χ1) is 17.5. The molecule has 3 fully saturated rings. The number of aryl methyl sites for hydroxylation is 1. The van der Waals surface area contributed by atoms with E-state index in [1.165, 1.54) is 12.8 Å². The highest BCUT2D eigenvalue weighted by molar-refractivity contribution is 6.08. The Morgan fingerprint density at radius 2 is 1.86 bits per heavy atom. The number of fused-ring (bicyclic) bond motifs is 1. The second kappa shape index (κ2) is 9.36. The molecule has 2 heterocycles. The number of carbonyl (C=O) groups excluding carboxylic acids is 2. The van der Waals surface area contributed by atoms with Crippen LogP contribution in [0.2, 0.25) is 0 Å². The largest absolute Gasteiger partial charge is 0.370 e. The number of rotatable bonds is 7. The van der Waals surface area contributed by atoms with Crippen LogP contribution in [0.25, 0.3) is 11.0 Å². The molecule has 0 unspecified atom stereocenters. The summed E-state index contributed by atoms with van der Waals surface area (Å²) in [5, 5.41) is 6.38. The maximum Gasteiger partial charge on any atom is 0.254 e. The zero-order valence-electron chi connectivity index (χ0n) is 20.9. The smallest absolute Gasteiger partial charge is 0.254 e. The lowest BCUT2D eigenvalue weighted by molar-refractivity contribution is -0.117. The summed E-state index contributed by atoms with van der Waals surface area (Å²) in [5.41, 5.74) is 3.43. The molecule has 1 atom stereocenters. The molecule has 1 saturated heterocycles. The van der Waals surface area contributed by atoms with Crippen LogP contribution in [0, 0.1) is 5.92 Å². The second-order valence-electron chi connectivity index (χ2n) is 10.7. The minimum absolute atomic E-state index is 0.00541. The minimum Gasteiger partial charge on any atom is -0.370 e. The van der Waals surface area contributed by atoms with Gasteiger partial charge < -0.3 is 19.9 Å². The number of hydrogen-bond acceptors (Lipinski definition) is 4. The number of anilines is 1. The Morgan fingerprint density at radius 3 is 2.56 bits per heavy atom. The van der Waals surface area contributed by atoms with E-state index in [-0.39, 0.29) is 23.5 Å². The first-order valence-corrected chi connectivity index (χ1v) is 13.3.